The summed E-state index contributed by atoms with van der Waals surface area (Å²) >= 11 is 0. The van der Waals surface area contributed by atoms with Crippen LogP contribution in [0.2, 0.25) is 0 Å². The number of carbonyl (C=O) groups excluding carboxylic acids is 2. The van der Waals surface area contributed by atoms with Gasteiger partial charge in [-0.2, -0.15) is 5.10 Å². The van der Waals surface area contributed by atoms with Crippen molar-refractivity contribution in [3.63, 3.8) is 0 Å². The SMILES string of the molecule is COc1ccc(C2=NN(C(=O)CN(CCN3CCOCC3)C(=O)c3ccco3)C(c3cc(OC)ccc3OC)C2)cc1. The van der Waals surface area contributed by atoms with Crippen LogP contribution in [0.4, 0.5) is 0 Å². The molecule has 2 amide bonds. The van der Waals surface area contributed by atoms with Gasteiger partial charge in [-0.05, 0) is 60.2 Å². The van der Waals surface area contributed by atoms with E-state index in [9.17, 15) is 9.59 Å². The third kappa shape index (κ3) is 6.58. The minimum atomic E-state index is -0.473. The maximum absolute atomic E-state index is 14.1. The molecule has 1 atom stereocenters. The zero-order chi connectivity index (χ0) is 29.5. The minimum Gasteiger partial charge on any atom is -0.497 e. The molecule has 1 aromatic heterocycles. The Morgan fingerprint density at radius 3 is 2.38 bits per heavy atom. The van der Waals surface area contributed by atoms with Crippen molar-refractivity contribution in [1.82, 2.24) is 14.8 Å². The van der Waals surface area contributed by atoms with Crippen molar-refractivity contribution in [2.24, 2.45) is 5.10 Å². The number of ether oxygens (including phenoxy) is 4. The number of benzene rings is 2. The normalized spacial score (nSPS) is 17.1. The van der Waals surface area contributed by atoms with Gasteiger partial charge in [-0.25, -0.2) is 5.01 Å². The van der Waals surface area contributed by atoms with Crippen molar-refractivity contribution in [3.8, 4) is 17.2 Å². The molecular formula is C31H36N4O7. The van der Waals surface area contributed by atoms with Gasteiger partial charge in [0.05, 0.1) is 52.6 Å². The Hall–Kier alpha value is -4.35. The van der Waals surface area contributed by atoms with Crippen molar-refractivity contribution >= 4 is 17.5 Å². The zero-order valence-electron chi connectivity index (χ0n) is 24.2. The van der Waals surface area contributed by atoms with Gasteiger partial charge in [0.1, 0.15) is 23.8 Å². The molecule has 3 heterocycles. The molecule has 0 spiro atoms. The molecule has 0 saturated carbocycles. The molecule has 42 heavy (non-hydrogen) atoms. The largest absolute Gasteiger partial charge is 0.497 e. The standard InChI is InChI=1S/C31H36N4O7/c1-38-23-8-6-22(7-9-23)26-20-27(25-19-24(39-2)10-11-28(25)40-3)35(32-26)30(36)21-34(31(37)29-5-4-16-42-29)13-12-33-14-17-41-18-15-33/h4-11,16,19,27H,12-15,17-18,20-21H2,1-3H3. The van der Waals surface area contributed by atoms with Gasteiger partial charge < -0.3 is 28.3 Å². The monoisotopic (exact) mass is 576 g/mol. The van der Waals surface area contributed by atoms with Crippen LogP contribution in [0.1, 0.15) is 34.1 Å². The lowest BCUT2D eigenvalue weighted by Gasteiger charge is -2.31. The van der Waals surface area contributed by atoms with Gasteiger partial charge in [0.25, 0.3) is 11.8 Å². The molecule has 0 N–H and O–H groups in total. The van der Waals surface area contributed by atoms with Crippen LogP contribution in [0.3, 0.4) is 0 Å². The van der Waals surface area contributed by atoms with Crippen LogP contribution in [-0.2, 0) is 9.53 Å². The smallest absolute Gasteiger partial charge is 0.290 e. The lowest BCUT2D eigenvalue weighted by atomic mass is 9.97. The summed E-state index contributed by atoms with van der Waals surface area (Å²) in [5.41, 5.74) is 2.36. The second-order valence-electron chi connectivity index (χ2n) is 10.00. The van der Waals surface area contributed by atoms with Crippen molar-refractivity contribution in [1.29, 1.82) is 0 Å². The summed E-state index contributed by atoms with van der Waals surface area (Å²) < 4.78 is 27.3. The Labute approximate surface area is 245 Å². The van der Waals surface area contributed by atoms with E-state index in [0.29, 0.717) is 44.2 Å². The third-order valence-electron chi connectivity index (χ3n) is 7.52. The summed E-state index contributed by atoms with van der Waals surface area (Å²) in [6.45, 7) is 3.62. The van der Waals surface area contributed by atoms with Crippen LogP contribution in [0.25, 0.3) is 0 Å². The quantitative estimate of drug-likeness (QED) is 0.342. The Morgan fingerprint density at radius 1 is 0.976 bits per heavy atom. The summed E-state index contributed by atoms with van der Waals surface area (Å²) in [6.07, 6.45) is 1.90. The van der Waals surface area contributed by atoms with Gasteiger partial charge in [-0.3, -0.25) is 14.5 Å². The first-order valence-corrected chi connectivity index (χ1v) is 13.9. The summed E-state index contributed by atoms with van der Waals surface area (Å²) in [5, 5.41) is 6.27. The maximum Gasteiger partial charge on any atom is 0.290 e. The average molecular weight is 577 g/mol. The van der Waals surface area contributed by atoms with E-state index in [-0.39, 0.29) is 24.1 Å². The van der Waals surface area contributed by atoms with Crippen LogP contribution >= 0.6 is 0 Å². The van der Waals surface area contributed by atoms with Gasteiger partial charge in [0.2, 0.25) is 0 Å². The number of carbonyl (C=O) groups is 2. The van der Waals surface area contributed by atoms with Crippen molar-refractivity contribution in [2.45, 2.75) is 12.5 Å². The highest BCUT2D eigenvalue weighted by Crippen LogP contribution is 2.39. The first-order chi connectivity index (χ1) is 20.5. The van der Waals surface area contributed by atoms with E-state index in [0.717, 1.165) is 35.7 Å². The van der Waals surface area contributed by atoms with Gasteiger partial charge in [-0.15, -0.1) is 0 Å². The Balaban J connectivity index is 1.45. The predicted molar refractivity (Wildman–Crippen MR) is 155 cm³/mol. The van der Waals surface area contributed by atoms with E-state index in [4.69, 9.17) is 28.5 Å². The number of furan rings is 1. The summed E-state index contributed by atoms with van der Waals surface area (Å²) in [6, 6.07) is 15.8. The molecule has 1 fully saturated rings. The molecule has 5 rings (SSSR count). The molecule has 2 aromatic carbocycles. The van der Waals surface area contributed by atoms with Crippen LogP contribution < -0.4 is 14.2 Å². The molecular weight excluding hydrogens is 540 g/mol. The van der Waals surface area contributed by atoms with E-state index >= 15 is 0 Å². The number of hydrogen-bond donors (Lipinski definition) is 0. The zero-order valence-corrected chi connectivity index (χ0v) is 24.2. The molecule has 2 aliphatic rings. The van der Waals surface area contributed by atoms with Gasteiger partial charge in [0.15, 0.2) is 5.76 Å². The highest BCUT2D eigenvalue weighted by atomic mass is 16.5. The summed E-state index contributed by atoms with van der Waals surface area (Å²) in [5.74, 6) is 1.48. The molecule has 1 saturated heterocycles. The highest BCUT2D eigenvalue weighted by Gasteiger charge is 2.36. The number of methoxy groups -OCH3 is 3. The lowest BCUT2D eigenvalue weighted by molar-refractivity contribution is -0.133. The third-order valence-corrected chi connectivity index (χ3v) is 7.52. The van der Waals surface area contributed by atoms with Crippen molar-refractivity contribution in [3.05, 3.63) is 77.7 Å². The van der Waals surface area contributed by atoms with E-state index in [1.54, 1.807) is 33.5 Å². The van der Waals surface area contributed by atoms with E-state index in [2.05, 4.69) is 4.90 Å². The molecule has 11 heteroatoms. The fourth-order valence-electron chi connectivity index (χ4n) is 5.17. The molecule has 2 aliphatic heterocycles. The van der Waals surface area contributed by atoms with Crippen LogP contribution in [0.5, 0.6) is 17.2 Å². The van der Waals surface area contributed by atoms with Crippen molar-refractivity contribution in [2.75, 3.05) is 67.3 Å². The number of hydrazone groups is 1. The second kappa shape index (κ2) is 13.5. The summed E-state index contributed by atoms with van der Waals surface area (Å²) in [4.78, 5) is 31.3. The first kappa shape index (κ1) is 29.2. The molecule has 0 aliphatic carbocycles. The van der Waals surface area contributed by atoms with Crippen LogP contribution in [-0.4, -0.2) is 99.6 Å². The Kier molecular flexibility index (Phi) is 9.40. The lowest BCUT2D eigenvalue weighted by Crippen LogP contribution is -2.46. The number of rotatable bonds is 11. The Morgan fingerprint density at radius 2 is 1.71 bits per heavy atom. The molecule has 3 aromatic rings. The number of nitrogens with zero attached hydrogens (tertiary/aromatic N) is 4. The van der Waals surface area contributed by atoms with Crippen LogP contribution in [0, 0.1) is 0 Å². The molecule has 11 nitrogen and oxygen atoms in total. The molecule has 0 radical (unpaired) electrons. The minimum absolute atomic E-state index is 0.175. The highest BCUT2D eigenvalue weighted by molar-refractivity contribution is 6.03. The van der Waals surface area contributed by atoms with Gasteiger partial charge >= 0.3 is 0 Å². The fourth-order valence-corrected chi connectivity index (χ4v) is 5.17. The number of morpholine rings is 1. The van der Waals surface area contributed by atoms with Crippen molar-refractivity contribution < 1.29 is 33.0 Å². The van der Waals surface area contributed by atoms with E-state index in [1.165, 1.54) is 16.2 Å². The molecule has 0 bridgehead atoms. The van der Waals surface area contributed by atoms with Gasteiger partial charge in [-0.1, -0.05) is 0 Å². The van der Waals surface area contributed by atoms with Crippen LogP contribution in [0.15, 0.2) is 70.4 Å². The number of amides is 2. The predicted octanol–water partition coefficient (Wildman–Crippen LogP) is 3.46. The first-order valence-electron chi connectivity index (χ1n) is 13.9. The summed E-state index contributed by atoms with van der Waals surface area (Å²) in [7, 11) is 4.80. The average Bonchev–Trinajstić information content (AvgIpc) is 3.74. The second-order valence-corrected chi connectivity index (χ2v) is 10.00. The molecule has 1 unspecified atom stereocenters. The van der Waals surface area contributed by atoms with E-state index in [1.807, 2.05) is 42.5 Å². The van der Waals surface area contributed by atoms with Gasteiger partial charge in [0, 0.05) is 38.2 Å². The fraction of sp³-hybridized carbons (Fsp3) is 0.387. The number of hydrogen-bond acceptors (Lipinski definition) is 9. The maximum atomic E-state index is 14.1. The van der Waals surface area contributed by atoms with E-state index < -0.39 is 6.04 Å². The Bertz CT molecular complexity index is 1380. The topological polar surface area (TPSA) is 106 Å². The molecule has 222 valence electrons.